The molecule has 0 aromatic heterocycles. The molecule has 0 bridgehead atoms. The van der Waals surface area contributed by atoms with Crippen LogP contribution in [0.3, 0.4) is 0 Å². The van der Waals surface area contributed by atoms with Crippen LogP contribution in [0, 0.1) is 0 Å². The molecular formula is C15H23NO2. The molecule has 0 amide bonds. The minimum Gasteiger partial charge on any atom is -0.494 e. The molecule has 100 valence electrons. The lowest BCUT2D eigenvalue weighted by molar-refractivity contribution is 0.108. The van der Waals surface area contributed by atoms with Crippen LogP contribution in [-0.2, 0) is 4.74 Å². The molecule has 0 spiro atoms. The Kier molecular flexibility index (Phi) is 5.02. The molecule has 2 rings (SSSR count). The summed E-state index contributed by atoms with van der Waals surface area (Å²) in [4.78, 5) is 0. The van der Waals surface area contributed by atoms with E-state index >= 15 is 0 Å². The smallest absolute Gasteiger partial charge is 0.119 e. The van der Waals surface area contributed by atoms with Crippen molar-refractivity contribution in [2.75, 3.05) is 19.8 Å². The standard InChI is InChI=1S/C15H23NO2/c1-3-17-14-8-6-13(7-9-14)12(2)16-11-15-5-4-10-18-15/h6-9,12,15-16H,3-5,10-11H2,1-2H3/t12-,15-/m0/s1. The van der Waals surface area contributed by atoms with Crippen molar-refractivity contribution in [2.45, 2.75) is 38.8 Å². The molecule has 2 atom stereocenters. The predicted octanol–water partition coefficient (Wildman–Crippen LogP) is 2.91. The highest BCUT2D eigenvalue weighted by molar-refractivity contribution is 5.28. The molecule has 1 aliphatic heterocycles. The third-order valence-corrected chi connectivity index (χ3v) is 3.37. The molecule has 0 radical (unpaired) electrons. The Morgan fingerprint density at radius 2 is 2.17 bits per heavy atom. The molecule has 0 saturated carbocycles. The summed E-state index contributed by atoms with van der Waals surface area (Å²) in [6, 6.07) is 8.66. The number of ether oxygens (including phenoxy) is 2. The van der Waals surface area contributed by atoms with E-state index in [2.05, 4.69) is 24.4 Å². The molecule has 1 fully saturated rings. The quantitative estimate of drug-likeness (QED) is 0.841. The molecular weight excluding hydrogens is 226 g/mol. The maximum atomic E-state index is 5.61. The summed E-state index contributed by atoms with van der Waals surface area (Å²) in [6.07, 6.45) is 2.78. The number of hydrogen-bond acceptors (Lipinski definition) is 3. The van der Waals surface area contributed by atoms with E-state index in [1.807, 2.05) is 19.1 Å². The maximum absolute atomic E-state index is 5.61. The van der Waals surface area contributed by atoms with Crippen molar-refractivity contribution >= 4 is 0 Å². The lowest BCUT2D eigenvalue weighted by Crippen LogP contribution is -2.28. The second-order valence-corrected chi connectivity index (χ2v) is 4.77. The van der Waals surface area contributed by atoms with Crippen LogP contribution in [0.5, 0.6) is 5.75 Å². The van der Waals surface area contributed by atoms with Gasteiger partial charge >= 0.3 is 0 Å². The zero-order valence-corrected chi connectivity index (χ0v) is 11.3. The zero-order valence-electron chi connectivity index (χ0n) is 11.3. The Morgan fingerprint density at radius 3 is 2.78 bits per heavy atom. The second-order valence-electron chi connectivity index (χ2n) is 4.77. The van der Waals surface area contributed by atoms with Gasteiger partial charge in [-0.15, -0.1) is 0 Å². The molecule has 18 heavy (non-hydrogen) atoms. The van der Waals surface area contributed by atoms with E-state index in [0.29, 0.717) is 18.8 Å². The Balaban J connectivity index is 1.81. The maximum Gasteiger partial charge on any atom is 0.119 e. The van der Waals surface area contributed by atoms with Gasteiger partial charge in [-0.3, -0.25) is 0 Å². The van der Waals surface area contributed by atoms with Crippen LogP contribution < -0.4 is 10.1 Å². The van der Waals surface area contributed by atoms with Crippen LogP contribution in [0.4, 0.5) is 0 Å². The van der Waals surface area contributed by atoms with Crippen LogP contribution >= 0.6 is 0 Å². The monoisotopic (exact) mass is 249 g/mol. The van der Waals surface area contributed by atoms with Crippen LogP contribution in [0.15, 0.2) is 24.3 Å². The lowest BCUT2D eigenvalue weighted by atomic mass is 10.1. The largest absolute Gasteiger partial charge is 0.494 e. The molecule has 0 unspecified atom stereocenters. The van der Waals surface area contributed by atoms with Gasteiger partial charge in [0.1, 0.15) is 5.75 Å². The van der Waals surface area contributed by atoms with Gasteiger partial charge in [-0.2, -0.15) is 0 Å². The summed E-state index contributed by atoms with van der Waals surface area (Å²) >= 11 is 0. The van der Waals surface area contributed by atoms with Gasteiger partial charge in [-0.25, -0.2) is 0 Å². The molecule has 1 aromatic carbocycles. The summed E-state index contributed by atoms with van der Waals surface area (Å²) in [7, 11) is 0. The van der Waals surface area contributed by atoms with Gasteiger partial charge in [0.25, 0.3) is 0 Å². The summed E-state index contributed by atoms with van der Waals surface area (Å²) in [5.41, 5.74) is 1.29. The minimum atomic E-state index is 0.352. The number of nitrogens with one attached hydrogen (secondary N) is 1. The second kappa shape index (κ2) is 6.76. The first-order valence-electron chi connectivity index (χ1n) is 6.87. The minimum absolute atomic E-state index is 0.352. The van der Waals surface area contributed by atoms with Crippen molar-refractivity contribution in [3.05, 3.63) is 29.8 Å². The van der Waals surface area contributed by atoms with Crippen molar-refractivity contribution in [2.24, 2.45) is 0 Å². The van der Waals surface area contributed by atoms with Crippen LogP contribution in [0.25, 0.3) is 0 Å². The molecule has 3 heteroatoms. The highest BCUT2D eigenvalue weighted by Crippen LogP contribution is 2.18. The molecule has 0 aliphatic carbocycles. The van der Waals surface area contributed by atoms with Gasteiger partial charge in [-0.05, 0) is 44.4 Å². The van der Waals surface area contributed by atoms with Crippen LogP contribution in [-0.4, -0.2) is 25.9 Å². The fourth-order valence-corrected chi connectivity index (χ4v) is 2.25. The van der Waals surface area contributed by atoms with Gasteiger partial charge in [0, 0.05) is 19.2 Å². The summed E-state index contributed by atoms with van der Waals surface area (Å²) in [5, 5.41) is 3.53. The zero-order chi connectivity index (χ0) is 12.8. The highest BCUT2D eigenvalue weighted by atomic mass is 16.5. The van der Waals surface area contributed by atoms with Crippen molar-refractivity contribution in [3.63, 3.8) is 0 Å². The molecule has 1 aliphatic rings. The van der Waals surface area contributed by atoms with Crippen LogP contribution in [0.2, 0.25) is 0 Å². The Morgan fingerprint density at radius 1 is 1.39 bits per heavy atom. The van der Waals surface area contributed by atoms with E-state index in [0.717, 1.165) is 18.9 Å². The average molecular weight is 249 g/mol. The molecule has 3 nitrogen and oxygen atoms in total. The van der Waals surface area contributed by atoms with Crippen LogP contribution in [0.1, 0.15) is 38.3 Å². The van der Waals surface area contributed by atoms with Gasteiger partial charge in [-0.1, -0.05) is 12.1 Å². The van der Waals surface area contributed by atoms with Crippen molar-refractivity contribution in [1.29, 1.82) is 0 Å². The predicted molar refractivity (Wildman–Crippen MR) is 73.0 cm³/mol. The number of benzene rings is 1. The van der Waals surface area contributed by atoms with E-state index in [4.69, 9.17) is 9.47 Å². The average Bonchev–Trinajstić information content (AvgIpc) is 2.90. The first kappa shape index (κ1) is 13.4. The third-order valence-electron chi connectivity index (χ3n) is 3.37. The summed E-state index contributed by atoms with van der Waals surface area (Å²) in [6.45, 7) is 6.76. The molecule has 1 heterocycles. The highest BCUT2D eigenvalue weighted by Gasteiger charge is 2.16. The molecule has 1 saturated heterocycles. The topological polar surface area (TPSA) is 30.5 Å². The lowest BCUT2D eigenvalue weighted by Gasteiger charge is -2.17. The molecule has 1 N–H and O–H groups in total. The number of hydrogen-bond donors (Lipinski definition) is 1. The summed E-state index contributed by atoms with van der Waals surface area (Å²) in [5.74, 6) is 0.938. The van der Waals surface area contributed by atoms with E-state index in [1.54, 1.807) is 0 Å². The number of rotatable bonds is 6. The van der Waals surface area contributed by atoms with Gasteiger partial charge in [0.05, 0.1) is 12.7 Å². The fraction of sp³-hybridized carbons (Fsp3) is 0.600. The third kappa shape index (κ3) is 3.72. The Bertz CT molecular complexity index is 344. The Labute approximate surface area is 109 Å². The van der Waals surface area contributed by atoms with Crippen molar-refractivity contribution in [3.8, 4) is 5.75 Å². The van der Waals surface area contributed by atoms with Gasteiger partial charge < -0.3 is 14.8 Å². The van der Waals surface area contributed by atoms with Crippen molar-refractivity contribution in [1.82, 2.24) is 5.32 Å². The van der Waals surface area contributed by atoms with E-state index < -0.39 is 0 Å². The SMILES string of the molecule is CCOc1ccc([C@H](C)NC[C@@H]2CCCO2)cc1. The summed E-state index contributed by atoms with van der Waals surface area (Å²) < 4.78 is 11.0. The first-order valence-corrected chi connectivity index (χ1v) is 6.87. The van der Waals surface area contributed by atoms with E-state index in [-0.39, 0.29) is 0 Å². The van der Waals surface area contributed by atoms with E-state index in [1.165, 1.54) is 18.4 Å². The van der Waals surface area contributed by atoms with Crippen molar-refractivity contribution < 1.29 is 9.47 Å². The van der Waals surface area contributed by atoms with Gasteiger partial charge in [0.2, 0.25) is 0 Å². The Hall–Kier alpha value is -1.06. The fourth-order valence-electron chi connectivity index (χ4n) is 2.25. The normalized spacial score (nSPS) is 20.9. The first-order chi connectivity index (χ1) is 8.79. The molecule has 1 aromatic rings. The van der Waals surface area contributed by atoms with Gasteiger partial charge in [0.15, 0.2) is 0 Å². The van der Waals surface area contributed by atoms with E-state index in [9.17, 15) is 0 Å².